The van der Waals surface area contributed by atoms with Crippen LogP contribution in [0.4, 0.5) is 0 Å². The lowest BCUT2D eigenvalue weighted by molar-refractivity contribution is 0.0296. The average molecular weight is 434 g/mol. The van der Waals surface area contributed by atoms with Crippen molar-refractivity contribution in [1.29, 1.82) is 0 Å². The maximum absolute atomic E-state index is 13.3. The van der Waals surface area contributed by atoms with Gasteiger partial charge in [0, 0.05) is 43.9 Å². The van der Waals surface area contributed by atoms with Gasteiger partial charge in [0.1, 0.15) is 6.26 Å². The fraction of sp³-hybridized carbons (Fsp3) is 0.375. The second-order valence-corrected chi connectivity index (χ2v) is 8.13. The molecule has 166 valence electrons. The summed E-state index contributed by atoms with van der Waals surface area (Å²) < 4.78 is 12.4. The van der Waals surface area contributed by atoms with E-state index in [4.69, 9.17) is 14.3 Å². The minimum Gasteiger partial charge on any atom is -0.472 e. The summed E-state index contributed by atoms with van der Waals surface area (Å²) in [5.74, 6) is -0.174. The highest BCUT2D eigenvalue weighted by molar-refractivity contribution is 5.96. The molecule has 4 heterocycles. The van der Waals surface area contributed by atoms with E-state index in [0.29, 0.717) is 63.6 Å². The van der Waals surface area contributed by atoms with Crippen molar-refractivity contribution in [2.45, 2.75) is 25.9 Å². The molecule has 0 N–H and O–H groups in total. The topological polar surface area (TPSA) is 80.8 Å². The fourth-order valence-electron chi connectivity index (χ4n) is 4.39. The van der Waals surface area contributed by atoms with Gasteiger partial charge in [-0.3, -0.25) is 14.3 Å². The Bertz CT molecular complexity index is 1080. The summed E-state index contributed by atoms with van der Waals surface area (Å²) in [6.07, 6.45) is 4.45. The van der Waals surface area contributed by atoms with Crippen LogP contribution in [0.15, 0.2) is 53.3 Å². The minimum absolute atomic E-state index is 0.0828. The van der Waals surface area contributed by atoms with Crippen molar-refractivity contribution in [2.24, 2.45) is 0 Å². The van der Waals surface area contributed by atoms with Gasteiger partial charge in [-0.1, -0.05) is 30.3 Å². The lowest BCUT2D eigenvalue weighted by atomic mass is 10.0. The first-order valence-electron chi connectivity index (χ1n) is 11.0. The van der Waals surface area contributed by atoms with Crippen LogP contribution in [-0.4, -0.2) is 64.2 Å². The lowest BCUT2D eigenvalue weighted by Crippen LogP contribution is -2.42. The Kier molecular flexibility index (Phi) is 5.77. The van der Waals surface area contributed by atoms with Gasteiger partial charge in [0.05, 0.1) is 31.6 Å². The van der Waals surface area contributed by atoms with Gasteiger partial charge in [-0.15, -0.1) is 0 Å². The van der Waals surface area contributed by atoms with E-state index in [0.717, 1.165) is 17.7 Å². The van der Waals surface area contributed by atoms with E-state index in [-0.39, 0.29) is 11.8 Å². The van der Waals surface area contributed by atoms with Gasteiger partial charge in [-0.25, -0.2) is 0 Å². The second-order valence-electron chi connectivity index (χ2n) is 8.13. The number of aryl methyl sites for hydroxylation is 2. The molecule has 0 aliphatic carbocycles. The summed E-state index contributed by atoms with van der Waals surface area (Å²) in [5.41, 5.74) is 4.11. The Hall–Kier alpha value is -3.39. The molecule has 2 aliphatic heterocycles. The number of aromatic nitrogens is 2. The van der Waals surface area contributed by atoms with Gasteiger partial charge in [0.2, 0.25) is 0 Å². The van der Waals surface area contributed by atoms with Crippen LogP contribution in [0.2, 0.25) is 0 Å². The smallest absolute Gasteiger partial charge is 0.274 e. The van der Waals surface area contributed by atoms with Crippen molar-refractivity contribution in [1.82, 2.24) is 19.6 Å². The largest absolute Gasteiger partial charge is 0.472 e. The number of rotatable bonds is 5. The highest BCUT2D eigenvalue weighted by atomic mass is 16.5. The number of carbonyl (C=O) groups is 2. The predicted molar refractivity (Wildman–Crippen MR) is 116 cm³/mol. The zero-order valence-electron chi connectivity index (χ0n) is 17.9. The van der Waals surface area contributed by atoms with Crippen LogP contribution in [0.5, 0.6) is 0 Å². The SMILES string of the molecule is O=C(c1ccoc1)N1CCc2c(c(C(=O)N3CCOCC3)nn2CCc2ccccc2)C1. The first-order valence-corrected chi connectivity index (χ1v) is 11.0. The van der Waals surface area contributed by atoms with Crippen LogP contribution < -0.4 is 0 Å². The molecule has 1 fully saturated rings. The van der Waals surface area contributed by atoms with Crippen LogP contribution in [-0.2, 0) is 30.7 Å². The van der Waals surface area contributed by atoms with E-state index in [1.807, 2.05) is 22.9 Å². The number of hydrogen-bond acceptors (Lipinski definition) is 5. The number of amides is 2. The Morgan fingerprint density at radius 3 is 2.53 bits per heavy atom. The molecule has 0 radical (unpaired) electrons. The number of hydrogen-bond donors (Lipinski definition) is 0. The van der Waals surface area contributed by atoms with E-state index in [2.05, 4.69) is 12.1 Å². The van der Waals surface area contributed by atoms with Crippen molar-refractivity contribution in [3.05, 3.63) is 77.0 Å². The summed E-state index contributed by atoms with van der Waals surface area (Å²) in [5, 5.41) is 4.77. The van der Waals surface area contributed by atoms with E-state index in [1.165, 1.54) is 18.1 Å². The molecular weight excluding hydrogens is 408 g/mol. The second kappa shape index (κ2) is 9.00. The van der Waals surface area contributed by atoms with Crippen molar-refractivity contribution < 1.29 is 18.7 Å². The van der Waals surface area contributed by atoms with Crippen LogP contribution in [0.25, 0.3) is 0 Å². The zero-order valence-corrected chi connectivity index (χ0v) is 17.9. The molecule has 0 bridgehead atoms. The quantitative estimate of drug-likeness (QED) is 0.616. The highest BCUT2D eigenvalue weighted by Gasteiger charge is 2.32. The number of benzene rings is 1. The summed E-state index contributed by atoms with van der Waals surface area (Å²) in [4.78, 5) is 29.8. The van der Waals surface area contributed by atoms with Gasteiger partial charge in [0.15, 0.2) is 5.69 Å². The molecule has 1 aromatic carbocycles. The van der Waals surface area contributed by atoms with Gasteiger partial charge in [0.25, 0.3) is 11.8 Å². The first-order chi connectivity index (χ1) is 15.7. The third-order valence-corrected chi connectivity index (χ3v) is 6.15. The Labute approximate surface area is 186 Å². The third kappa shape index (κ3) is 4.05. The van der Waals surface area contributed by atoms with E-state index in [1.54, 1.807) is 15.9 Å². The molecule has 32 heavy (non-hydrogen) atoms. The fourth-order valence-corrected chi connectivity index (χ4v) is 4.39. The molecule has 0 unspecified atom stereocenters. The summed E-state index contributed by atoms with van der Waals surface area (Å²) in [7, 11) is 0. The number of fused-ring (bicyclic) bond motifs is 1. The molecule has 0 atom stereocenters. The molecule has 2 aliphatic rings. The van der Waals surface area contributed by atoms with Gasteiger partial charge >= 0.3 is 0 Å². The lowest BCUT2D eigenvalue weighted by Gasteiger charge is -2.29. The Morgan fingerprint density at radius 2 is 1.78 bits per heavy atom. The van der Waals surface area contributed by atoms with Crippen molar-refractivity contribution >= 4 is 11.8 Å². The average Bonchev–Trinajstić information content (AvgIpc) is 3.51. The number of furan rings is 1. The molecule has 2 aromatic heterocycles. The number of ether oxygens (including phenoxy) is 1. The van der Waals surface area contributed by atoms with Gasteiger partial charge < -0.3 is 19.0 Å². The van der Waals surface area contributed by atoms with E-state index < -0.39 is 0 Å². The van der Waals surface area contributed by atoms with Crippen LogP contribution >= 0.6 is 0 Å². The number of morpholine rings is 1. The molecule has 3 aromatic rings. The molecular formula is C24H26N4O4. The molecule has 1 saturated heterocycles. The van der Waals surface area contributed by atoms with Crippen molar-refractivity contribution in [2.75, 3.05) is 32.8 Å². The highest BCUT2D eigenvalue weighted by Crippen LogP contribution is 2.26. The first kappa shape index (κ1) is 20.5. The summed E-state index contributed by atoms with van der Waals surface area (Å²) in [6.45, 7) is 3.83. The van der Waals surface area contributed by atoms with Crippen LogP contribution in [0, 0.1) is 0 Å². The predicted octanol–water partition coefficient (Wildman–Crippen LogP) is 2.39. The van der Waals surface area contributed by atoms with E-state index in [9.17, 15) is 9.59 Å². The maximum atomic E-state index is 13.3. The van der Waals surface area contributed by atoms with Crippen LogP contribution in [0.3, 0.4) is 0 Å². The monoisotopic (exact) mass is 434 g/mol. The Morgan fingerprint density at radius 1 is 0.969 bits per heavy atom. The van der Waals surface area contributed by atoms with E-state index >= 15 is 0 Å². The maximum Gasteiger partial charge on any atom is 0.274 e. The molecule has 0 spiro atoms. The van der Waals surface area contributed by atoms with Gasteiger partial charge in [-0.05, 0) is 18.1 Å². The van der Waals surface area contributed by atoms with Gasteiger partial charge in [-0.2, -0.15) is 5.10 Å². The summed E-state index contributed by atoms with van der Waals surface area (Å²) >= 11 is 0. The van der Waals surface area contributed by atoms with Crippen LogP contribution in [0.1, 0.15) is 37.7 Å². The molecule has 5 rings (SSSR count). The summed E-state index contributed by atoms with van der Waals surface area (Å²) in [6, 6.07) is 11.9. The molecule has 2 amide bonds. The Balaban J connectivity index is 1.43. The third-order valence-electron chi connectivity index (χ3n) is 6.15. The van der Waals surface area contributed by atoms with Crippen molar-refractivity contribution in [3.63, 3.8) is 0 Å². The number of carbonyl (C=O) groups excluding carboxylic acids is 2. The number of nitrogens with zero attached hydrogens (tertiary/aromatic N) is 4. The minimum atomic E-state index is -0.0915. The molecule has 0 saturated carbocycles. The molecule has 8 nitrogen and oxygen atoms in total. The standard InChI is InChI=1S/C24H26N4O4/c29-23(19-8-13-32-17-19)27-9-7-21-20(16-27)22(24(30)26-11-14-31-15-12-26)25-28(21)10-6-18-4-2-1-3-5-18/h1-5,8,13,17H,6-7,9-12,14-16H2. The van der Waals surface area contributed by atoms with Crippen molar-refractivity contribution in [3.8, 4) is 0 Å². The molecule has 8 heteroatoms. The zero-order chi connectivity index (χ0) is 21.9. The normalized spacial score (nSPS) is 16.1.